The van der Waals surface area contributed by atoms with Crippen LogP contribution in [0.4, 0.5) is 0 Å². The van der Waals surface area contributed by atoms with Gasteiger partial charge in [0.05, 0.1) is 23.9 Å². The molecule has 1 aliphatic rings. The number of halogens is 2. The van der Waals surface area contributed by atoms with Gasteiger partial charge in [-0.3, -0.25) is 9.59 Å². The lowest BCUT2D eigenvalue weighted by Crippen LogP contribution is -2.24. The zero-order chi connectivity index (χ0) is 22.7. The second-order valence-corrected chi connectivity index (χ2v) is 8.17. The summed E-state index contributed by atoms with van der Waals surface area (Å²) >= 11 is 9.43. The predicted molar refractivity (Wildman–Crippen MR) is 126 cm³/mol. The van der Waals surface area contributed by atoms with Crippen molar-refractivity contribution >= 4 is 45.6 Å². The van der Waals surface area contributed by atoms with Gasteiger partial charge in [-0.05, 0) is 64.8 Å². The molecule has 1 heterocycles. The van der Waals surface area contributed by atoms with Crippen LogP contribution >= 0.6 is 27.5 Å². The summed E-state index contributed by atoms with van der Waals surface area (Å²) in [5.41, 5.74) is 2.28. The first-order valence-electron chi connectivity index (χ1n) is 9.83. The molecule has 0 unspecified atom stereocenters. The summed E-state index contributed by atoms with van der Waals surface area (Å²) in [6.45, 7) is 2.65. The molecule has 0 radical (unpaired) electrons. The van der Waals surface area contributed by atoms with Crippen LogP contribution in [-0.4, -0.2) is 29.6 Å². The summed E-state index contributed by atoms with van der Waals surface area (Å²) in [5, 5.41) is 5.66. The van der Waals surface area contributed by atoms with Crippen LogP contribution in [0.5, 0.6) is 11.5 Å². The van der Waals surface area contributed by atoms with Crippen LogP contribution in [0.3, 0.4) is 0 Å². The van der Waals surface area contributed by atoms with Crippen LogP contribution in [0.2, 0.25) is 5.02 Å². The van der Waals surface area contributed by atoms with E-state index >= 15 is 0 Å². The Balaban J connectivity index is 1.56. The lowest BCUT2D eigenvalue weighted by Gasteiger charge is -2.14. The van der Waals surface area contributed by atoms with Gasteiger partial charge in [-0.2, -0.15) is 10.1 Å². The Morgan fingerprint density at radius 3 is 2.22 bits per heavy atom. The van der Waals surface area contributed by atoms with Crippen molar-refractivity contribution in [2.75, 3.05) is 6.61 Å². The van der Waals surface area contributed by atoms with E-state index in [9.17, 15) is 9.59 Å². The van der Waals surface area contributed by atoms with Crippen molar-refractivity contribution in [2.45, 2.75) is 13.5 Å². The maximum atomic E-state index is 12.5. The first-order valence-corrected chi connectivity index (χ1v) is 11.0. The summed E-state index contributed by atoms with van der Waals surface area (Å²) in [7, 11) is 0. The fourth-order valence-corrected chi connectivity index (χ4v) is 3.72. The van der Waals surface area contributed by atoms with Gasteiger partial charge in [-0.1, -0.05) is 35.9 Å². The number of imide groups is 1. The molecule has 3 aromatic carbocycles. The van der Waals surface area contributed by atoms with E-state index in [1.54, 1.807) is 48.5 Å². The van der Waals surface area contributed by atoms with Gasteiger partial charge in [0.15, 0.2) is 11.5 Å². The molecule has 0 spiro atoms. The molecule has 0 aliphatic carbocycles. The second kappa shape index (κ2) is 9.54. The molecule has 0 saturated heterocycles. The topological polar surface area (TPSA) is 68.2 Å². The Labute approximate surface area is 198 Å². The lowest BCUT2D eigenvalue weighted by atomic mass is 10.1. The number of carbonyl (C=O) groups excluding carboxylic acids is 2. The Bertz CT molecular complexity index is 1180. The predicted octanol–water partition coefficient (Wildman–Crippen LogP) is 5.71. The third-order valence-corrected chi connectivity index (χ3v) is 5.69. The van der Waals surface area contributed by atoms with Gasteiger partial charge in [-0.25, -0.2) is 0 Å². The number of hydrogen-bond acceptors (Lipinski definition) is 5. The number of hydrogen-bond donors (Lipinski definition) is 0. The Morgan fingerprint density at radius 1 is 0.969 bits per heavy atom. The fourth-order valence-electron chi connectivity index (χ4n) is 3.17. The SMILES string of the molecule is CCOc1cc(/C=N\N2C(=O)c3ccccc3C2=O)c(Br)cc1OCc1ccc(Cl)cc1. The number of carbonyl (C=O) groups is 2. The number of amides is 2. The molecule has 0 saturated carbocycles. The second-order valence-electron chi connectivity index (χ2n) is 6.88. The minimum absolute atomic E-state index is 0.339. The monoisotopic (exact) mass is 512 g/mol. The van der Waals surface area contributed by atoms with Crippen molar-refractivity contribution in [3.8, 4) is 11.5 Å². The van der Waals surface area contributed by atoms with Gasteiger partial charge in [-0.15, -0.1) is 0 Å². The molecule has 4 rings (SSSR count). The molecule has 0 fully saturated rings. The van der Waals surface area contributed by atoms with E-state index < -0.39 is 11.8 Å². The van der Waals surface area contributed by atoms with E-state index in [-0.39, 0.29) is 0 Å². The molecule has 0 aromatic heterocycles. The van der Waals surface area contributed by atoms with E-state index in [1.165, 1.54) is 6.21 Å². The van der Waals surface area contributed by atoms with Gasteiger partial charge in [0, 0.05) is 15.1 Å². The van der Waals surface area contributed by atoms with E-state index in [4.69, 9.17) is 21.1 Å². The molecule has 0 N–H and O–H groups in total. The standard InChI is InChI=1S/C24H18BrClN2O4/c1-2-31-21-11-16(13-27-28-23(29)18-5-3-4-6-19(18)24(28)30)20(25)12-22(21)32-14-15-7-9-17(26)10-8-15/h3-13H,2,14H2,1H3/b27-13-. The van der Waals surface area contributed by atoms with Crippen LogP contribution in [-0.2, 0) is 6.61 Å². The zero-order valence-corrected chi connectivity index (χ0v) is 19.4. The molecule has 32 heavy (non-hydrogen) atoms. The highest BCUT2D eigenvalue weighted by molar-refractivity contribution is 9.10. The summed E-state index contributed by atoms with van der Waals surface area (Å²) in [4.78, 5) is 25.0. The molecule has 6 nitrogen and oxygen atoms in total. The maximum Gasteiger partial charge on any atom is 0.282 e. The van der Waals surface area contributed by atoms with Gasteiger partial charge in [0.1, 0.15) is 6.61 Å². The molecule has 2 amide bonds. The molecule has 1 aliphatic heterocycles. The molecule has 8 heteroatoms. The van der Waals surface area contributed by atoms with Crippen molar-refractivity contribution in [3.05, 3.63) is 92.4 Å². The molecule has 162 valence electrons. The van der Waals surface area contributed by atoms with Gasteiger partial charge >= 0.3 is 0 Å². The molecule has 0 bridgehead atoms. The van der Waals surface area contributed by atoms with E-state index in [0.29, 0.717) is 50.9 Å². The Hall–Kier alpha value is -3.16. The third kappa shape index (κ3) is 4.54. The minimum atomic E-state index is -0.453. The van der Waals surface area contributed by atoms with Crippen LogP contribution in [0, 0.1) is 0 Å². The molecular weight excluding hydrogens is 496 g/mol. The highest BCUT2D eigenvalue weighted by Gasteiger charge is 2.35. The van der Waals surface area contributed by atoms with Crippen LogP contribution < -0.4 is 9.47 Å². The summed E-state index contributed by atoms with van der Waals surface area (Å²) in [6, 6.07) is 17.5. The van der Waals surface area contributed by atoms with Crippen molar-refractivity contribution in [2.24, 2.45) is 5.10 Å². The largest absolute Gasteiger partial charge is 0.490 e. The summed E-state index contributed by atoms with van der Waals surface area (Å²) in [5.74, 6) is 0.164. The average Bonchev–Trinajstić information content (AvgIpc) is 3.04. The first-order chi connectivity index (χ1) is 15.5. The fraction of sp³-hybridized carbons (Fsp3) is 0.125. The van der Waals surface area contributed by atoms with Crippen molar-refractivity contribution in [1.82, 2.24) is 5.01 Å². The van der Waals surface area contributed by atoms with Gasteiger partial charge in [0.25, 0.3) is 11.8 Å². The molecular formula is C24H18BrClN2O4. The number of hydrazone groups is 1. The van der Waals surface area contributed by atoms with Crippen LogP contribution in [0.15, 0.2) is 70.2 Å². The van der Waals surface area contributed by atoms with Gasteiger partial charge < -0.3 is 9.47 Å². The third-order valence-electron chi connectivity index (χ3n) is 4.76. The Morgan fingerprint density at radius 2 is 1.59 bits per heavy atom. The molecule has 3 aromatic rings. The van der Waals surface area contributed by atoms with E-state index in [0.717, 1.165) is 10.6 Å². The van der Waals surface area contributed by atoms with Crippen LogP contribution in [0.1, 0.15) is 38.8 Å². The van der Waals surface area contributed by atoms with E-state index in [1.807, 2.05) is 19.1 Å². The Kier molecular flexibility index (Phi) is 6.58. The highest BCUT2D eigenvalue weighted by atomic mass is 79.9. The maximum absolute atomic E-state index is 12.5. The highest BCUT2D eigenvalue weighted by Crippen LogP contribution is 2.34. The van der Waals surface area contributed by atoms with E-state index in [2.05, 4.69) is 21.0 Å². The van der Waals surface area contributed by atoms with Gasteiger partial charge in [0.2, 0.25) is 0 Å². The molecule has 0 atom stereocenters. The first kappa shape index (κ1) is 22.0. The van der Waals surface area contributed by atoms with Crippen molar-refractivity contribution in [1.29, 1.82) is 0 Å². The van der Waals surface area contributed by atoms with Crippen molar-refractivity contribution in [3.63, 3.8) is 0 Å². The normalized spacial score (nSPS) is 13.0. The summed E-state index contributed by atoms with van der Waals surface area (Å²) in [6.07, 6.45) is 1.44. The van der Waals surface area contributed by atoms with Crippen LogP contribution in [0.25, 0.3) is 0 Å². The quantitative estimate of drug-likeness (QED) is 0.300. The lowest BCUT2D eigenvalue weighted by molar-refractivity contribution is 0.0660. The number of rotatable bonds is 7. The average molecular weight is 514 g/mol. The zero-order valence-electron chi connectivity index (χ0n) is 17.0. The van der Waals surface area contributed by atoms with Crippen molar-refractivity contribution < 1.29 is 19.1 Å². The number of ether oxygens (including phenoxy) is 2. The summed E-state index contributed by atoms with van der Waals surface area (Å²) < 4.78 is 12.3. The number of benzene rings is 3. The number of nitrogens with zero attached hydrogens (tertiary/aromatic N) is 2. The number of fused-ring (bicyclic) bond motifs is 1. The minimum Gasteiger partial charge on any atom is -0.490 e. The smallest absolute Gasteiger partial charge is 0.282 e.